The lowest BCUT2D eigenvalue weighted by molar-refractivity contribution is -0.137. The molecule has 2 heterocycles. The summed E-state index contributed by atoms with van der Waals surface area (Å²) in [5.41, 5.74) is 0.399. The maximum absolute atomic E-state index is 12.8. The van der Waals surface area contributed by atoms with Crippen molar-refractivity contribution in [1.29, 1.82) is 0 Å². The van der Waals surface area contributed by atoms with Gasteiger partial charge in [-0.1, -0.05) is 13.3 Å². The zero-order valence-electron chi connectivity index (χ0n) is 12.3. The molecule has 0 aromatic heterocycles. The first-order valence-electron chi connectivity index (χ1n) is 8.28. The van der Waals surface area contributed by atoms with Crippen molar-refractivity contribution >= 4 is 5.91 Å². The number of hydrogen-bond donors (Lipinski definition) is 1. The van der Waals surface area contributed by atoms with Crippen LogP contribution in [0.2, 0.25) is 0 Å². The molecule has 0 bridgehead atoms. The van der Waals surface area contributed by atoms with E-state index in [1.807, 2.05) is 0 Å². The molecule has 3 aliphatic rings. The van der Waals surface area contributed by atoms with E-state index in [0.717, 1.165) is 19.6 Å². The Balaban J connectivity index is 1.63. The van der Waals surface area contributed by atoms with Crippen molar-refractivity contribution in [2.24, 2.45) is 11.3 Å². The van der Waals surface area contributed by atoms with Crippen LogP contribution in [0.1, 0.15) is 58.3 Å². The van der Waals surface area contributed by atoms with Gasteiger partial charge in [0.15, 0.2) is 0 Å². The maximum atomic E-state index is 12.8. The minimum absolute atomic E-state index is 0.368. The quantitative estimate of drug-likeness (QED) is 0.849. The van der Waals surface area contributed by atoms with Crippen molar-refractivity contribution in [3.8, 4) is 0 Å². The largest absolute Gasteiger partial charge is 0.339 e. The standard InChI is InChI=1S/C16H28N2O/c1-2-5-13-6-3-4-11-18(13)15(19)14-12-16(14)7-9-17-10-8-16/h13-14,17H,2-12H2,1H3. The molecule has 0 radical (unpaired) electrons. The number of piperidine rings is 2. The first kappa shape index (κ1) is 13.4. The van der Waals surface area contributed by atoms with Crippen LogP contribution in [0.5, 0.6) is 0 Å². The fourth-order valence-electron chi connectivity index (χ4n) is 4.30. The number of nitrogens with one attached hydrogen (secondary N) is 1. The summed E-state index contributed by atoms with van der Waals surface area (Å²) in [7, 11) is 0. The van der Waals surface area contributed by atoms with Crippen LogP contribution in [-0.4, -0.2) is 36.5 Å². The third-order valence-corrected chi connectivity index (χ3v) is 5.62. The van der Waals surface area contributed by atoms with Gasteiger partial charge < -0.3 is 10.2 Å². The van der Waals surface area contributed by atoms with Crippen LogP contribution in [-0.2, 0) is 4.79 Å². The fourth-order valence-corrected chi connectivity index (χ4v) is 4.30. The first-order valence-corrected chi connectivity index (χ1v) is 8.28. The van der Waals surface area contributed by atoms with Gasteiger partial charge in [0, 0.05) is 18.5 Å². The molecule has 1 N–H and O–H groups in total. The number of carbonyl (C=O) groups excluding carboxylic acids is 1. The van der Waals surface area contributed by atoms with Crippen LogP contribution in [0, 0.1) is 11.3 Å². The van der Waals surface area contributed by atoms with Gasteiger partial charge in [0.1, 0.15) is 0 Å². The summed E-state index contributed by atoms with van der Waals surface area (Å²) in [5.74, 6) is 0.868. The van der Waals surface area contributed by atoms with Crippen LogP contribution in [0.15, 0.2) is 0 Å². The number of likely N-dealkylation sites (tertiary alicyclic amines) is 1. The number of rotatable bonds is 3. The SMILES string of the molecule is CCCC1CCCCN1C(=O)C1CC12CCNCC2. The molecule has 2 aliphatic heterocycles. The molecule has 0 aromatic carbocycles. The van der Waals surface area contributed by atoms with Crippen LogP contribution in [0.4, 0.5) is 0 Å². The van der Waals surface area contributed by atoms with Gasteiger partial charge in [0.25, 0.3) is 0 Å². The van der Waals surface area contributed by atoms with Gasteiger partial charge in [-0.3, -0.25) is 4.79 Å². The van der Waals surface area contributed by atoms with Gasteiger partial charge in [-0.05, 0) is 63.5 Å². The Kier molecular flexibility index (Phi) is 3.84. The molecular formula is C16H28N2O. The number of amides is 1. The molecule has 3 heteroatoms. The molecule has 3 fully saturated rings. The minimum Gasteiger partial charge on any atom is -0.339 e. The van der Waals surface area contributed by atoms with E-state index in [4.69, 9.17) is 0 Å². The highest BCUT2D eigenvalue weighted by Gasteiger charge is 2.58. The average molecular weight is 264 g/mol. The molecule has 108 valence electrons. The van der Waals surface area contributed by atoms with Crippen molar-refractivity contribution in [3.05, 3.63) is 0 Å². The van der Waals surface area contributed by atoms with Gasteiger partial charge in [0.2, 0.25) is 5.91 Å². The Bertz CT molecular complexity index is 334. The lowest BCUT2D eigenvalue weighted by Crippen LogP contribution is -2.45. The van der Waals surface area contributed by atoms with E-state index in [1.165, 1.54) is 51.4 Å². The second kappa shape index (κ2) is 5.43. The molecule has 1 spiro atoms. The molecule has 3 rings (SSSR count). The molecule has 2 unspecified atom stereocenters. The molecule has 19 heavy (non-hydrogen) atoms. The van der Waals surface area contributed by atoms with Gasteiger partial charge in [-0.15, -0.1) is 0 Å². The van der Waals surface area contributed by atoms with Gasteiger partial charge in [0.05, 0.1) is 0 Å². The summed E-state index contributed by atoms with van der Waals surface area (Å²) >= 11 is 0. The highest BCUT2D eigenvalue weighted by molar-refractivity contribution is 5.83. The van der Waals surface area contributed by atoms with Crippen LogP contribution in [0.3, 0.4) is 0 Å². The minimum atomic E-state index is 0.368. The zero-order valence-corrected chi connectivity index (χ0v) is 12.3. The molecule has 1 amide bonds. The summed E-state index contributed by atoms with van der Waals surface area (Å²) in [6, 6.07) is 0.547. The molecular weight excluding hydrogens is 236 g/mol. The first-order chi connectivity index (χ1) is 9.27. The van der Waals surface area contributed by atoms with E-state index in [-0.39, 0.29) is 0 Å². The Morgan fingerprint density at radius 3 is 2.84 bits per heavy atom. The van der Waals surface area contributed by atoms with Crippen LogP contribution < -0.4 is 5.32 Å². The van der Waals surface area contributed by atoms with Crippen molar-refractivity contribution in [1.82, 2.24) is 10.2 Å². The van der Waals surface area contributed by atoms with E-state index in [9.17, 15) is 4.79 Å². The van der Waals surface area contributed by atoms with E-state index in [0.29, 0.717) is 23.3 Å². The summed E-state index contributed by atoms with van der Waals surface area (Å²) < 4.78 is 0. The van der Waals surface area contributed by atoms with Crippen molar-refractivity contribution in [2.75, 3.05) is 19.6 Å². The topological polar surface area (TPSA) is 32.3 Å². The third kappa shape index (κ3) is 2.54. The third-order valence-electron chi connectivity index (χ3n) is 5.62. The van der Waals surface area contributed by atoms with Gasteiger partial charge >= 0.3 is 0 Å². The van der Waals surface area contributed by atoms with Crippen molar-refractivity contribution < 1.29 is 4.79 Å². The molecule has 1 saturated carbocycles. The number of carbonyl (C=O) groups is 1. The molecule has 2 atom stereocenters. The van der Waals surface area contributed by atoms with E-state index < -0.39 is 0 Å². The smallest absolute Gasteiger partial charge is 0.226 e. The summed E-state index contributed by atoms with van der Waals surface area (Å²) in [6.45, 7) is 5.49. The van der Waals surface area contributed by atoms with Crippen molar-refractivity contribution in [2.45, 2.75) is 64.3 Å². The molecule has 0 aromatic rings. The van der Waals surface area contributed by atoms with E-state index >= 15 is 0 Å². The predicted octanol–water partition coefficient (Wildman–Crippen LogP) is 2.56. The highest BCUT2D eigenvalue weighted by atomic mass is 16.2. The Morgan fingerprint density at radius 2 is 2.11 bits per heavy atom. The van der Waals surface area contributed by atoms with Crippen LogP contribution in [0.25, 0.3) is 0 Å². The second-order valence-corrected chi connectivity index (χ2v) is 6.84. The van der Waals surface area contributed by atoms with Crippen molar-refractivity contribution in [3.63, 3.8) is 0 Å². The van der Waals surface area contributed by atoms with E-state index in [1.54, 1.807) is 0 Å². The molecule has 3 nitrogen and oxygen atoms in total. The second-order valence-electron chi connectivity index (χ2n) is 6.84. The summed E-state index contributed by atoms with van der Waals surface area (Å²) in [4.78, 5) is 15.1. The highest BCUT2D eigenvalue weighted by Crippen LogP contribution is 2.59. The fraction of sp³-hybridized carbons (Fsp3) is 0.938. The molecule has 1 aliphatic carbocycles. The lowest BCUT2D eigenvalue weighted by atomic mass is 9.90. The monoisotopic (exact) mass is 264 g/mol. The zero-order chi connectivity index (χ0) is 13.3. The van der Waals surface area contributed by atoms with Gasteiger partial charge in [-0.25, -0.2) is 0 Å². The van der Waals surface area contributed by atoms with Crippen LogP contribution >= 0.6 is 0 Å². The van der Waals surface area contributed by atoms with E-state index in [2.05, 4.69) is 17.1 Å². The summed E-state index contributed by atoms with van der Waals surface area (Å²) in [6.07, 6.45) is 9.78. The Labute approximate surface area is 117 Å². The summed E-state index contributed by atoms with van der Waals surface area (Å²) in [5, 5.41) is 3.42. The number of nitrogens with zero attached hydrogens (tertiary/aromatic N) is 1. The molecule has 2 saturated heterocycles. The number of hydrogen-bond acceptors (Lipinski definition) is 2. The predicted molar refractivity (Wildman–Crippen MR) is 76.9 cm³/mol. The Hall–Kier alpha value is -0.570. The maximum Gasteiger partial charge on any atom is 0.226 e. The normalized spacial score (nSPS) is 33.4. The Morgan fingerprint density at radius 1 is 1.32 bits per heavy atom. The van der Waals surface area contributed by atoms with Gasteiger partial charge in [-0.2, -0.15) is 0 Å². The lowest BCUT2D eigenvalue weighted by Gasteiger charge is -2.37. The average Bonchev–Trinajstić information content (AvgIpc) is 3.13.